The lowest BCUT2D eigenvalue weighted by molar-refractivity contribution is -0.117. The molecule has 0 spiro atoms. The van der Waals surface area contributed by atoms with Gasteiger partial charge in [0, 0.05) is 28.8 Å². The third-order valence-corrected chi connectivity index (χ3v) is 5.47. The number of hydrogen-bond donors (Lipinski definition) is 4. The third kappa shape index (κ3) is 3.61. The van der Waals surface area contributed by atoms with Gasteiger partial charge in [0.15, 0.2) is 0 Å². The number of fused-ring (bicyclic) bond motifs is 1. The Morgan fingerprint density at radius 2 is 1.90 bits per heavy atom. The normalized spacial score (nSPS) is 17.6. The van der Waals surface area contributed by atoms with Crippen molar-refractivity contribution in [3.8, 4) is 11.3 Å². The Balaban J connectivity index is 1.77. The number of carbonyl (C=O) groups excluding carboxylic acids is 1. The average Bonchev–Trinajstić information content (AvgIpc) is 3.41. The van der Waals surface area contributed by atoms with E-state index in [4.69, 9.17) is 10.8 Å². The number of nitrogen functional groups attached to an aromatic ring is 1. The van der Waals surface area contributed by atoms with Gasteiger partial charge in [0.2, 0.25) is 5.91 Å². The quantitative estimate of drug-likeness (QED) is 0.518. The maximum absolute atomic E-state index is 12.2. The fourth-order valence-electron chi connectivity index (χ4n) is 3.62. The number of nitrogens with zero attached hydrogens (tertiary/aromatic N) is 3. The summed E-state index contributed by atoms with van der Waals surface area (Å²) in [6, 6.07) is 3.60. The van der Waals surface area contributed by atoms with Crippen LogP contribution in [0.15, 0.2) is 24.5 Å². The number of aromatic nitrogens is 3. The van der Waals surface area contributed by atoms with Crippen molar-refractivity contribution < 1.29 is 14.7 Å². The fourth-order valence-corrected chi connectivity index (χ4v) is 3.62. The van der Waals surface area contributed by atoms with Gasteiger partial charge in [-0.2, -0.15) is 0 Å². The minimum Gasteiger partial charge on any atom is -0.465 e. The topological polar surface area (TPSA) is 143 Å². The van der Waals surface area contributed by atoms with Crippen molar-refractivity contribution in [2.75, 3.05) is 16.4 Å². The number of rotatable bonds is 4. The van der Waals surface area contributed by atoms with Crippen molar-refractivity contribution in [2.45, 2.75) is 27.2 Å². The van der Waals surface area contributed by atoms with Crippen molar-refractivity contribution in [3.05, 3.63) is 35.8 Å². The van der Waals surface area contributed by atoms with E-state index in [1.54, 1.807) is 19.2 Å². The molecule has 154 valence electrons. The van der Waals surface area contributed by atoms with Crippen LogP contribution in [0, 0.1) is 25.7 Å². The van der Waals surface area contributed by atoms with Crippen LogP contribution in [0.2, 0.25) is 0 Å². The second kappa shape index (κ2) is 7.25. The number of anilines is 3. The van der Waals surface area contributed by atoms with Crippen molar-refractivity contribution in [1.82, 2.24) is 15.0 Å². The molecule has 0 saturated heterocycles. The van der Waals surface area contributed by atoms with Crippen LogP contribution in [-0.4, -0.2) is 32.1 Å². The minimum atomic E-state index is -1.17. The summed E-state index contributed by atoms with van der Waals surface area (Å²) in [4.78, 5) is 36.4. The monoisotopic (exact) mass is 406 g/mol. The number of carbonyl (C=O) groups is 2. The van der Waals surface area contributed by atoms with Crippen molar-refractivity contribution in [2.24, 2.45) is 11.8 Å². The van der Waals surface area contributed by atoms with Crippen LogP contribution < -0.4 is 16.4 Å². The first-order valence-electron chi connectivity index (χ1n) is 9.58. The highest BCUT2D eigenvalue weighted by molar-refractivity contribution is 5.99. The lowest BCUT2D eigenvalue weighted by atomic mass is 10.0. The van der Waals surface area contributed by atoms with Gasteiger partial charge in [0.1, 0.15) is 11.6 Å². The minimum absolute atomic E-state index is 0.0278. The number of hydrogen-bond acceptors (Lipinski definition) is 6. The molecular formula is C21H22N6O3. The molecule has 0 bridgehead atoms. The number of nitrogens with two attached hydrogens (primary N) is 1. The van der Waals surface area contributed by atoms with Gasteiger partial charge in [-0.1, -0.05) is 6.92 Å². The Kier molecular flexibility index (Phi) is 4.73. The highest BCUT2D eigenvalue weighted by Crippen LogP contribution is 2.38. The van der Waals surface area contributed by atoms with Crippen LogP contribution in [-0.2, 0) is 4.79 Å². The Morgan fingerprint density at radius 3 is 2.57 bits per heavy atom. The summed E-state index contributed by atoms with van der Waals surface area (Å²) >= 11 is 0. The van der Waals surface area contributed by atoms with Crippen molar-refractivity contribution >= 4 is 40.1 Å². The molecule has 30 heavy (non-hydrogen) atoms. The molecule has 1 aliphatic rings. The lowest BCUT2D eigenvalue weighted by Gasteiger charge is -2.14. The van der Waals surface area contributed by atoms with E-state index in [2.05, 4.69) is 25.6 Å². The molecule has 5 N–H and O–H groups in total. The summed E-state index contributed by atoms with van der Waals surface area (Å²) in [6.45, 7) is 5.67. The van der Waals surface area contributed by atoms with Gasteiger partial charge >= 0.3 is 6.09 Å². The molecule has 0 aromatic carbocycles. The molecule has 3 aromatic heterocycles. The van der Waals surface area contributed by atoms with Crippen LogP contribution in [0.4, 0.5) is 22.1 Å². The van der Waals surface area contributed by atoms with E-state index in [0.29, 0.717) is 51.1 Å². The van der Waals surface area contributed by atoms with E-state index < -0.39 is 6.09 Å². The zero-order valence-electron chi connectivity index (χ0n) is 16.9. The number of carboxylic acid groups (broad SMARTS) is 1. The molecule has 9 nitrogen and oxygen atoms in total. The molecule has 1 aliphatic carbocycles. The van der Waals surface area contributed by atoms with Crippen LogP contribution in [0.3, 0.4) is 0 Å². The van der Waals surface area contributed by atoms with Crippen LogP contribution in [0.25, 0.3) is 22.0 Å². The maximum atomic E-state index is 12.2. The summed E-state index contributed by atoms with van der Waals surface area (Å²) in [5, 5.41) is 15.7. The second-order valence-corrected chi connectivity index (χ2v) is 7.68. The average molecular weight is 406 g/mol. The predicted molar refractivity (Wildman–Crippen MR) is 114 cm³/mol. The number of aryl methyl sites for hydroxylation is 1. The number of pyridine rings is 3. The number of amides is 2. The van der Waals surface area contributed by atoms with E-state index in [1.807, 2.05) is 19.9 Å². The summed E-state index contributed by atoms with van der Waals surface area (Å²) < 4.78 is 0. The first kappa shape index (κ1) is 19.6. The largest absolute Gasteiger partial charge is 0.465 e. The first-order chi connectivity index (χ1) is 14.2. The lowest BCUT2D eigenvalue weighted by Crippen LogP contribution is -2.15. The highest BCUT2D eigenvalue weighted by atomic mass is 16.4. The molecule has 1 fully saturated rings. The van der Waals surface area contributed by atoms with Gasteiger partial charge < -0.3 is 16.2 Å². The molecule has 0 aliphatic heterocycles. The Labute approximate surface area is 172 Å². The summed E-state index contributed by atoms with van der Waals surface area (Å²) in [6.07, 6.45) is 2.79. The Morgan fingerprint density at radius 1 is 1.17 bits per heavy atom. The van der Waals surface area contributed by atoms with Crippen LogP contribution >= 0.6 is 0 Å². The van der Waals surface area contributed by atoms with Gasteiger partial charge in [0.25, 0.3) is 0 Å². The molecule has 2 amide bonds. The van der Waals surface area contributed by atoms with E-state index in [9.17, 15) is 9.59 Å². The third-order valence-electron chi connectivity index (χ3n) is 5.47. The van der Waals surface area contributed by atoms with Gasteiger partial charge in [-0.25, -0.2) is 14.8 Å². The van der Waals surface area contributed by atoms with E-state index >= 15 is 0 Å². The smallest absolute Gasteiger partial charge is 0.409 e. The maximum Gasteiger partial charge on any atom is 0.409 e. The zero-order valence-corrected chi connectivity index (χ0v) is 16.9. The molecule has 2 atom stereocenters. The Bertz CT molecular complexity index is 1190. The SMILES string of the molecule is Cc1ncc(NC(=O)O)c(C)c1-c1cc2cc(NC(=O)[C@@H]3C[C@H]3C)ncc2c(N)n1. The summed E-state index contributed by atoms with van der Waals surface area (Å²) in [5.74, 6) is 1.17. The van der Waals surface area contributed by atoms with Gasteiger partial charge in [-0.15, -0.1) is 0 Å². The first-order valence-corrected chi connectivity index (χ1v) is 9.58. The molecular weight excluding hydrogens is 384 g/mol. The summed E-state index contributed by atoms with van der Waals surface area (Å²) in [7, 11) is 0. The highest BCUT2D eigenvalue weighted by Gasteiger charge is 2.39. The standard InChI is InChI=1S/C21H22N6O3/c1-9-4-13(9)20(28)27-17-6-12-5-15(25-19(22)14(12)7-24-17)18-10(2)16(26-21(29)30)8-23-11(18)3/h5-9,13,26H,4H2,1-3H3,(H2,22,25)(H,29,30)(H,24,27,28)/t9-,13-/m1/s1. The Hall–Kier alpha value is -3.75. The van der Waals surface area contributed by atoms with Crippen LogP contribution in [0.5, 0.6) is 0 Å². The molecule has 0 unspecified atom stereocenters. The predicted octanol–water partition coefficient (Wildman–Crippen LogP) is 3.58. The summed E-state index contributed by atoms with van der Waals surface area (Å²) in [5.41, 5.74) is 9.21. The van der Waals surface area contributed by atoms with Crippen LogP contribution in [0.1, 0.15) is 24.6 Å². The zero-order chi connectivity index (χ0) is 21.6. The fraction of sp³-hybridized carbons (Fsp3) is 0.286. The molecule has 3 aromatic rings. The van der Waals surface area contributed by atoms with Gasteiger partial charge in [-0.3, -0.25) is 15.1 Å². The van der Waals surface area contributed by atoms with Crippen molar-refractivity contribution in [3.63, 3.8) is 0 Å². The van der Waals surface area contributed by atoms with E-state index in [-0.39, 0.29) is 11.8 Å². The molecule has 0 radical (unpaired) electrons. The second-order valence-electron chi connectivity index (χ2n) is 7.68. The number of nitrogens with one attached hydrogen (secondary N) is 2. The van der Waals surface area contributed by atoms with Gasteiger partial charge in [-0.05, 0) is 49.3 Å². The molecule has 9 heteroatoms. The van der Waals surface area contributed by atoms with Crippen molar-refractivity contribution in [1.29, 1.82) is 0 Å². The van der Waals surface area contributed by atoms with E-state index in [1.165, 1.54) is 6.20 Å². The van der Waals surface area contributed by atoms with Gasteiger partial charge in [0.05, 0.1) is 17.6 Å². The van der Waals surface area contributed by atoms with E-state index in [0.717, 1.165) is 11.8 Å². The molecule has 4 rings (SSSR count). The molecule has 3 heterocycles. The molecule has 1 saturated carbocycles.